The van der Waals surface area contributed by atoms with Crippen LogP contribution in [0.3, 0.4) is 0 Å². The largest absolute Gasteiger partial charge is 0.497 e. The maximum Gasteiger partial charge on any atom is 0.123 e. The highest BCUT2D eigenvalue weighted by molar-refractivity contribution is 5.64. The Labute approximate surface area is 119 Å². The van der Waals surface area contributed by atoms with E-state index in [4.69, 9.17) is 14.6 Å². The smallest absolute Gasteiger partial charge is 0.123 e. The summed E-state index contributed by atoms with van der Waals surface area (Å²) in [6.07, 6.45) is 0. The summed E-state index contributed by atoms with van der Waals surface area (Å²) >= 11 is 0. The molecular weight excluding hydrogens is 252 g/mol. The van der Waals surface area contributed by atoms with Gasteiger partial charge in [-0.2, -0.15) is 0 Å². The van der Waals surface area contributed by atoms with Gasteiger partial charge in [-0.05, 0) is 34.9 Å². The molecule has 0 saturated carbocycles. The second-order valence-corrected chi connectivity index (χ2v) is 4.43. The van der Waals surface area contributed by atoms with Crippen molar-refractivity contribution in [2.45, 2.75) is 6.61 Å². The van der Waals surface area contributed by atoms with Crippen LogP contribution in [0.15, 0.2) is 55.1 Å². The number of aliphatic hydroxyl groups excluding tert-OH is 1. The van der Waals surface area contributed by atoms with Crippen LogP contribution < -0.4 is 9.47 Å². The lowest BCUT2D eigenvalue weighted by atomic mass is 10.1. The molecule has 2 aromatic carbocycles. The van der Waals surface area contributed by atoms with E-state index in [0.717, 1.165) is 22.6 Å². The highest BCUT2D eigenvalue weighted by Crippen LogP contribution is 2.20. The van der Waals surface area contributed by atoms with Crippen molar-refractivity contribution in [2.75, 3.05) is 13.7 Å². The van der Waals surface area contributed by atoms with Crippen molar-refractivity contribution in [3.8, 4) is 11.5 Å². The molecule has 0 heterocycles. The van der Waals surface area contributed by atoms with E-state index in [1.54, 1.807) is 7.11 Å². The summed E-state index contributed by atoms with van der Waals surface area (Å²) in [5.74, 6) is 1.53. The van der Waals surface area contributed by atoms with Gasteiger partial charge in [0.1, 0.15) is 18.1 Å². The minimum atomic E-state index is -0.0415. The Hall–Kier alpha value is -2.26. The van der Waals surface area contributed by atoms with E-state index in [2.05, 4.69) is 6.58 Å². The molecule has 0 bridgehead atoms. The molecule has 0 radical (unpaired) electrons. The topological polar surface area (TPSA) is 38.7 Å². The highest BCUT2D eigenvalue weighted by atomic mass is 16.5. The molecule has 2 rings (SSSR count). The van der Waals surface area contributed by atoms with Crippen LogP contribution in [-0.2, 0) is 6.61 Å². The van der Waals surface area contributed by atoms with Gasteiger partial charge in [-0.3, -0.25) is 0 Å². The van der Waals surface area contributed by atoms with Gasteiger partial charge >= 0.3 is 0 Å². The van der Waals surface area contributed by atoms with Crippen molar-refractivity contribution in [1.29, 1.82) is 0 Å². The van der Waals surface area contributed by atoms with E-state index in [-0.39, 0.29) is 6.61 Å². The zero-order valence-electron chi connectivity index (χ0n) is 11.5. The van der Waals surface area contributed by atoms with Gasteiger partial charge in [-0.1, -0.05) is 30.8 Å². The fraction of sp³-hybridized carbons (Fsp3) is 0.176. The summed E-state index contributed by atoms with van der Waals surface area (Å²) < 4.78 is 10.9. The monoisotopic (exact) mass is 270 g/mol. The van der Waals surface area contributed by atoms with E-state index < -0.39 is 0 Å². The van der Waals surface area contributed by atoms with Crippen LogP contribution in [0.2, 0.25) is 0 Å². The van der Waals surface area contributed by atoms with Crippen LogP contribution in [0, 0.1) is 0 Å². The lowest BCUT2D eigenvalue weighted by Gasteiger charge is -2.09. The Morgan fingerprint density at radius 3 is 2.60 bits per heavy atom. The van der Waals surface area contributed by atoms with Gasteiger partial charge in [0.05, 0.1) is 13.7 Å². The molecule has 0 unspecified atom stereocenters. The molecule has 20 heavy (non-hydrogen) atoms. The van der Waals surface area contributed by atoms with E-state index in [0.29, 0.717) is 12.2 Å². The van der Waals surface area contributed by atoms with E-state index >= 15 is 0 Å². The number of hydrogen-bond acceptors (Lipinski definition) is 3. The summed E-state index contributed by atoms with van der Waals surface area (Å²) in [5, 5.41) is 9.10. The van der Waals surface area contributed by atoms with Gasteiger partial charge in [-0.15, -0.1) is 0 Å². The summed E-state index contributed by atoms with van der Waals surface area (Å²) in [7, 11) is 1.63. The quantitative estimate of drug-likeness (QED) is 0.875. The molecular formula is C17H18O3. The number of ether oxygens (including phenoxy) is 2. The molecule has 0 spiro atoms. The number of hydrogen-bond donors (Lipinski definition) is 1. The molecule has 3 heteroatoms. The second-order valence-electron chi connectivity index (χ2n) is 4.43. The fourth-order valence-corrected chi connectivity index (χ4v) is 1.83. The van der Waals surface area contributed by atoms with E-state index in [1.807, 2.05) is 48.5 Å². The standard InChI is InChI=1S/C17H18O3/c1-13(11-18)15-6-3-5-14(9-15)12-20-17-8-4-7-16(10-17)19-2/h3-10,18H,1,11-12H2,2H3. The maximum atomic E-state index is 9.10. The maximum absolute atomic E-state index is 9.10. The summed E-state index contributed by atoms with van der Waals surface area (Å²) in [4.78, 5) is 0. The molecule has 0 aliphatic rings. The van der Waals surface area contributed by atoms with Crippen molar-refractivity contribution in [2.24, 2.45) is 0 Å². The predicted octanol–water partition coefficient (Wildman–Crippen LogP) is 3.28. The SMILES string of the molecule is C=C(CO)c1cccc(COc2cccc(OC)c2)c1. The van der Waals surface area contributed by atoms with Gasteiger partial charge in [-0.25, -0.2) is 0 Å². The van der Waals surface area contributed by atoms with Crippen molar-refractivity contribution in [1.82, 2.24) is 0 Å². The van der Waals surface area contributed by atoms with Gasteiger partial charge in [0.2, 0.25) is 0 Å². The molecule has 3 nitrogen and oxygen atoms in total. The Kier molecular flexibility index (Phi) is 4.80. The summed E-state index contributed by atoms with van der Waals surface area (Å²) in [6.45, 7) is 4.23. The Balaban J connectivity index is 2.05. The van der Waals surface area contributed by atoms with E-state index in [9.17, 15) is 0 Å². The normalized spacial score (nSPS) is 10.1. The van der Waals surface area contributed by atoms with Crippen molar-refractivity contribution >= 4 is 5.57 Å². The molecule has 0 amide bonds. The molecule has 104 valence electrons. The molecule has 0 aliphatic carbocycles. The van der Waals surface area contributed by atoms with Crippen LogP contribution in [0.4, 0.5) is 0 Å². The summed E-state index contributed by atoms with van der Waals surface area (Å²) in [6, 6.07) is 15.3. The lowest BCUT2D eigenvalue weighted by Crippen LogP contribution is -1.97. The average molecular weight is 270 g/mol. The lowest BCUT2D eigenvalue weighted by molar-refractivity contribution is 0.303. The van der Waals surface area contributed by atoms with Crippen LogP contribution in [0.5, 0.6) is 11.5 Å². The Morgan fingerprint density at radius 1 is 1.10 bits per heavy atom. The Bertz CT molecular complexity index is 590. The number of rotatable bonds is 6. The third-order valence-corrected chi connectivity index (χ3v) is 2.97. The molecule has 0 aromatic heterocycles. The molecule has 0 atom stereocenters. The second kappa shape index (κ2) is 6.78. The first-order valence-electron chi connectivity index (χ1n) is 6.37. The predicted molar refractivity (Wildman–Crippen MR) is 79.9 cm³/mol. The van der Waals surface area contributed by atoms with Crippen molar-refractivity contribution in [3.05, 3.63) is 66.2 Å². The number of methoxy groups -OCH3 is 1. The Morgan fingerprint density at radius 2 is 1.85 bits per heavy atom. The average Bonchev–Trinajstić information content (AvgIpc) is 2.52. The van der Waals surface area contributed by atoms with Crippen molar-refractivity contribution < 1.29 is 14.6 Å². The minimum absolute atomic E-state index is 0.0415. The first-order chi connectivity index (χ1) is 9.72. The van der Waals surface area contributed by atoms with Gasteiger partial charge in [0.25, 0.3) is 0 Å². The fourth-order valence-electron chi connectivity index (χ4n) is 1.83. The molecule has 2 aromatic rings. The number of aliphatic hydroxyl groups is 1. The third-order valence-electron chi connectivity index (χ3n) is 2.97. The zero-order valence-corrected chi connectivity index (χ0v) is 11.5. The number of benzene rings is 2. The minimum Gasteiger partial charge on any atom is -0.497 e. The first kappa shape index (κ1) is 14.2. The molecule has 0 fully saturated rings. The zero-order chi connectivity index (χ0) is 14.4. The third kappa shape index (κ3) is 3.62. The van der Waals surface area contributed by atoms with Crippen molar-refractivity contribution in [3.63, 3.8) is 0 Å². The molecule has 0 saturated heterocycles. The highest BCUT2D eigenvalue weighted by Gasteiger charge is 2.01. The summed E-state index contributed by atoms with van der Waals surface area (Å²) in [5.41, 5.74) is 2.66. The van der Waals surface area contributed by atoms with Crippen LogP contribution in [0.25, 0.3) is 5.57 Å². The first-order valence-corrected chi connectivity index (χ1v) is 6.37. The van der Waals surface area contributed by atoms with Gasteiger partial charge in [0, 0.05) is 6.07 Å². The molecule has 1 N–H and O–H groups in total. The van der Waals surface area contributed by atoms with Gasteiger partial charge < -0.3 is 14.6 Å². The van der Waals surface area contributed by atoms with Crippen LogP contribution in [0.1, 0.15) is 11.1 Å². The van der Waals surface area contributed by atoms with Crippen LogP contribution in [-0.4, -0.2) is 18.8 Å². The van der Waals surface area contributed by atoms with E-state index in [1.165, 1.54) is 0 Å². The van der Waals surface area contributed by atoms with Gasteiger partial charge in [0.15, 0.2) is 0 Å². The molecule has 0 aliphatic heterocycles. The van der Waals surface area contributed by atoms with Crippen LogP contribution >= 0.6 is 0 Å².